The summed E-state index contributed by atoms with van der Waals surface area (Å²) in [5, 5.41) is 23.2. The quantitative estimate of drug-likeness (QED) is 0.190. The van der Waals surface area contributed by atoms with Crippen molar-refractivity contribution in [3.05, 3.63) is 101 Å². The molecule has 0 aliphatic carbocycles. The molecule has 0 bridgehead atoms. The Kier molecular flexibility index (Phi) is 8.02. The van der Waals surface area contributed by atoms with Gasteiger partial charge in [-0.05, 0) is 71.7 Å². The van der Waals surface area contributed by atoms with Crippen molar-refractivity contribution in [2.75, 3.05) is 23.7 Å². The SMILES string of the molecule is N=C(N)NCc1ccc(NC(=O)c2ccc(C(=O)Nc3ccc(C4=CCN(C(=N)N)CC4)cc3)cc2)cc1. The average molecular weight is 511 g/mol. The minimum Gasteiger partial charge on any atom is -0.370 e. The Hall–Kier alpha value is -5.12. The fourth-order valence-electron chi connectivity index (χ4n) is 4.00. The van der Waals surface area contributed by atoms with Gasteiger partial charge in [-0.15, -0.1) is 0 Å². The number of anilines is 2. The number of amides is 2. The lowest BCUT2D eigenvalue weighted by Crippen LogP contribution is -2.39. The number of hydrogen-bond donors (Lipinski definition) is 7. The van der Waals surface area contributed by atoms with Crippen LogP contribution >= 0.6 is 0 Å². The number of rotatable bonds is 7. The molecule has 1 heterocycles. The van der Waals surface area contributed by atoms with Crippen molar-refractivity contribution >= 4 is 40.7 Å². The van der Waals surface area contributed by atoms with Crippen LogP contribution in [0.2, 0.25) is 0 Å². The Balaban J connectivity index is 1.31. The molecule has 0 saturated carbocycles. The van der Waals surface area contributed by atoms with Crippen LogP contribution in [0, 0.1) is 10.8 Å². The summed E-state index contributed by atoms with van der Waals surface area (Å²) in [6.07, 6.45) is 2.87. The number of nitrogens with zero attached hydrogens (tertiary/aromatic N) is 1. The van der Waals surface area contributed by atoms with Crippen LogP contribution in [0.3, 0.4) is 0 Å². The molecule has 10 heteroatoms. The first-order valence-electron chi connectivity index (χ1n) is 12.1. The predicted octanol–water partition coefficient (Wildman–Crippen LogP) is 3.16. The zero-order valence-electron chi connectivity index (χ0n) is 20.8. The lowest BCUT2D eigenvalue weighted by Gasteiger charge is -2.26. The summed E-state index contributed by atoms with van der Waals surface area (Å²) < 4.78 is 0. The molecule has 9 N–H and O–H groups in total. The second-order valence-electron chi connectivity index (χ2n) is 8.84. The molecule has 1 aliphatic rings. The van der Waals surface area contributed by atoms with Gasteiger partial charge in [0.2, 0.25) is 0 Å². The predicted molar refractivity (Wildman–Crippen MR) is 150 cm³/mol. The molecule has 0 saturated heterocycles. The highest BCUT2D eigenvalue weighted by atomic mass is 16.2. The molecular weight excluding hydrogens is 480 g/mol. The van der Waals surface area contributed by atoms with Gasteiger partial charge in [-0.25, -0.2) is 0 Å². The zero-order chi connectivity index (χ0) is 27.1. The van der Waals surface area contributed by atoms with Crippen LogP contribution in [0.1, 0.15) is 38.3 Å². The second-order valence-corrected chi connectivity index (χ2v) is 8.84. The molecule has 4 rings (SSSR count). The average Bonchev–Trinajstić information content (AvgIpc) is 2.93. The lowest BCUT2D eigenvalue weighted by molar-refractivity contribution is 0.101. The largest absolute Gasteiger partial charge is 0.370 e. The highest BCUT2D eigenvalue weighted by Crippen LogP contribution is 2.24. The summed E-state index contributed by atoms with van der Waals surface area (Å²) in [6, 6.07) is 21.3. The van der Waals surface area contributed by atoms with Gasteiger partial charge < -0.3 is 32.3 Å². The first-order valence-corrected chi connectivity index (χ1v) is 12.1. The molecule has 0 atom stereocenters. The molecule has 0 unspecified atom stereocenters. The van der Waals surface area contributed by atoms with Gasteiger partial charge in [-0.3, -0.25) is 20.4 Å². The van der Waals surface area contributed by atoms with Crippen LogP contribution in [0.25, 0.3) is 5.57 Å². The summed E-state index contributed by atoms with van der Waals surface area (Å²) in [7, 11) is 0. The van der Waals surface area contributed by atoms with Crippen LogP contribution < -0.4 is 27.4 Å². The van der Waals surface area contributed by atoms with E-state index in [1.807, 2.05) is 41.3 Å². The highest BCUT2D eigenvalue weighted by Gasteiger charge is 2.14. The summed E-state index contributed by atoms with van der Waals surface area (Å²) >= 11 is 0. The number of nitrogens with two attached hydrogens (primary N) is 2. The van der Waals surface area contributed by atoms with E-state index in [1.54, 1.807) is 36.4 Å². The number of carbonyl (C=O) groups is 2. The molecule has 3 aromatic carbocycles. The smallest absolute Gasteiger partial charge is 0.255 e. The number of benzene rings is 3. The van der Waals surface area contributed by atoms with Gasteiger partial charge in [0.15, 0.2) is 11.9 Å². The minimum atomic E-state index is -0.286. The molecule has 3 aromatic rings. The maximum Gasteiger partial charge on any atom is 0.255 e. The van der Waals surface area contributed by atoms with Crippen LogP contribution in [0.5, 0.6) is 0 Å². The van der Waals surface area contributed by atoms with Gasteiger partial charge in [-0.2, -0.15) is 0 Å². The van der Waals surface area contributed by atoms with Crippen LogP contribution in [-0.2, 0) is 6.54 Å². The van der Waals surface area contributed by atoms with Gasteiger partial charge in [0.05, 0.1) is 0 Å². The van der Waals surface area contributed by atoms with Crippen molar-refractivity contribution in [1.29, 1.82) is 10.8 Å². The first kappa shape index (κ1) is 26.0. The van der Waals surface area contributed by atoms with Crippen molar-refractivity contribution in [2.45, 2.75) is 13.0 Å². The van der Waals surface area contributed by atoms with Gasteiger partial charge >= 0.3 is 0 Å². The third kappa shape index (κ3) is 6.76. The fraction of sp³-hybridized carbons (Fsp3) is 0.143. The molecule has 38 heavy (non-hydrogen) atoms. The molecule has 10 nitrogen and oxygen atoms in total. The van der Waals surface area contributed by atoms with Crippen LogP contribution in [0.15, 0.2) is 78.9 Å². The van der Waals surface area contributed by atoms with Crippen molar-refractivity contribution < 1.29 is 9.59 Å². The molecule has 2 amide bonds. The molecule has 0 spiro atoms. The molecule has 0 radical (unpaired) electrons. The van der Waals surface area contributed by atoms with Crippen molar-refractivity contribution in [3.8, 4) is 0 Å². The van der Waals surface area contributed by atoms with Crippen molar-refractivity contribution in [3.63, 3.8) is 0 Å². The molecular formula is C28H30N8O2. The van der Waals surface area contributed by atoms with E-state index in [9.17, 15) is 9.59 Å². The Morgan fingerprint density at radius 3 is 1.76 bits per heavy atom. The van der Waals surface area contributed by atoms with Crippen LogP contribution in [0.4, 0.5) is 11.4 Å². The lowest BCUT2D eigenvalue weighted by atomic mass is 9.99. The maximum absolute atomic E-state index is 12.7. The van der Waals surface area contributed by atoms with E-state index in [0.717, 1.165) is 17.5 Å². The van der Waals surface area contributed by atoms with Crippen molar-refractivity contribution in [1.82, 2.24) is 10.2 Å². The van der Waals surface area contributed by atoms with E-state index in [4.69, 9.17) is 22.3 Å². The first-order chi connectivity index (χ1) is 18.3. The van der Waals surface area contributed by atoms with Gasteiger partial charge in [0.25, 0.3) is 11.8 Å². The zero-order valence-corrected chi connectivity index (χ0v) is 20.8. The summed E-state index contributed by atoms with van der Waals surface area (Å²) in [6.45, 7) is 1.75. The monoisotopic (exact) mass is 510 g/mol. The second kappa shape index (κ2) is 11.7. The van der Waals surface area contributed by atoms with E-state index in [0.29, 0.717) is 42.1 Å². The number of hydrogen-bond acceptors (Lipinski definition) is 4. The Bertz CT molecular complexity index is 1360. The fourth-order valence-corrected chi connectivity index (χ4v) is 4.00. The van der Waals surface area contributed by atoms with E-state index in [1.165, 1.54) is 5.57 Å². The maximum atomic E-state index is 12.7. The Morgan fingerprint density at radius 1 is 0.789 bits per heavy atom. The standard InChI is InChI=1S/C28H30N8O2/c29-27(30)33-17-18-1-9-23(10-2-18)34-25(37)21-3-5-22(6-4-21)26(38)35-24-11-7-19(8-12-24)20-13-15-36(16-14-20)28(31)32/h1-13H,14-17H2,(H3,31,32)(H,34,37)(H,35,38)(H4,29,30,33). The third-order valence-electron chi connectivity index (χ3n) is 6.17. The number of carbonyl (C=O) groups excluding carboxylic acids is 2. The molecule has 1 aliphatic heterocycles. The van der Waals surface area contributed by atoms with Gasteiger partial charge in [0, 0.05) is 42.1 Å². The van der Waals surface area contributed by atoms with E-state index < -0.39 is 0 Å². The summed E-state index contributed by atoms with van der Waals surface area (Å²) in [5.41, 5.74) is 16.2. The minimum absolute atomic E-state index is 0.0814. The third-order valence-corrected chi connectivity index (χ3v) is 6.17. The molecule has 0 aromatic heterocycles. The number of guanidine groups is 2. The van der Waals surface area contributed by atoms with Crippen molar-refractivity contribution in [2.24, 2.45) is 11.5 Å². The Morgan fingerprint density at radius 2 is 1.32 bits per heavy atom. The van der Waals surface area contributed by atoms with Gasteiger partial charge in [-0.1, -0.05) is 30.3 Å². The van der Waals surface area contributed by atoms with E-state index in [2.05, 4.69) is 22.0 Å². The highest BCUT2D eigenvalue weighted by molar-refractivity contribution is 6.07. The summed E-state index contributed by atoms with van der Waals surface area (Å²) in [4.78, 5) is 27.1. The normalized spacial score (nSPS) is 12.7. The topological polar surface area (TPSA) is 173 Å². The molecule has 0 fully saturated rings. The van der Waals surface area contributed by atoms with Crippen LogP contribution in [-0.4, -0.2) is 41.7 Å². The van der Waals surface area contributed by atoms with E-state index >= 15 is 0 Å². The van der Waals surface area contributed by atoms with Gasteiger partial charge in [0.1, 0.15) is 0 Å². The van der Waals surface area contributed by atoms with E-state index in [-0.39, 0.29) is 23.7 Å². The Labute approximate surface area is 220 Å². The molecule has 194 valence electrons. The number of nitrogens with one attached hydrogen (secondary N) is 5. The summed E-state index contributed by atoms with van der Waals surface area (Å²) in [5.74, 6) is -0.578.